The monoisotopic (exact) mass is 344 g/mol. The number of hydrogen-bond donors (Lipinski definition) is 1. The minimum absolute atomic E-state index is 0.257. The van der Waals surface area contributed by atoms with E-state index in [0.29, 0.717) is 11.3 Å². The van der Waals surface area contributed by atoms with Gasteiger partial charge in [0.1, 0.15) is 5.75 Å². The first kappa shape index (κ1) is 17.4. The maximum Gasteiger partial charge on any atom is 0.271 e. The number of ether oxygens (including phenoxy) is 1. The Morgan fingerprint density at radius 2 is 1.38 bits per heavy atom. The second-order valence-electron chi connectivity index (χ2n) is 5.81. The van der Waals surface area contributed by atoms with Crippen molar-refractivity contribution >= 4 is 11.6 Å². The van der Waals surface area contributed by atoms with Gasteiger partial charge in [-0.3, -0.25) is 4.79 Å². The Hall–Kier alpha value is -3.40. The van der Waals surface area contributed by atoms with Crippen LogP contribution in [0.15, 0.2) is 84.0 Å². The predicted octanol–water partition coefficient (Wildman–Crippen LogP) is 4.52. The number of amides is 1. The fraction of sp³-hybridized carbons (Fsp3) is 0.0909. The molecule has 0 aliphatic heterocycles. The van der Waals surface area contributed by atoms with Gasteiger partial charge in [-0.05, 0) is 47.9 Å². The lowest BCUT2D eigenvalue weighted by Gasteiger charge is -2.06. The summed E-state index contributed by atoms with van der Waals surface area (Å²) in [6.45, 7) is 1.87. The molecule has 0 fully saturated rings. The largest absolute Gasteiger partial charge is 0.497 e. The Bertz CT molecular complexity index is 899. The van der Waals surface area contributed by atoms with Gasteiger partial charge in [-0.25, -0.2) is 5.43 Å². The quantitative estimate of drug-likeness (QED) is 0.547. The van der Waals surface area contributed by atoms with Gasteiger partial charge in [0.25, 0.3) is 5.91 Å². The fourth-order valence-corrected chi connectivity index (χ4v) is 2.54. The summed E-state index contributed by atoms with van der Waals surface area (Å²) in [4.78, 5) is 12.2. The van der Waals surface area contributed by atoms with Gasteiger partial charge in [0.05, 0.1) is 12.8 Å². The fourth-order valence-electron chi connectivity index (χ4n) is 2.54. The van der Waals surface area contributed by atoms with Crippen LogP contribution in [-0.4, -0.2) is 18.7 Å². The minimum atomic E-state index is -0.257. The number of nitrogens with one attached hydrogen (secondary N) is 1. The van der Waals surface area contributed by atoms with E-state index in [9.17, 15) is 4.79 Å². The molecule has 1 N–H and O–H groups in total. The highest BCUT2D eigenvalue weighted by atomic mass is 16.5. The Kier molecular flexibility index (Phi) is 5.44. The van der Waals surface area contributed by atoms with Gasteiger partial charge in [0, 0.05) is 5.56 Å². The first-order chi connectivity index (χ1) is 12.7. The molecular formula is C22H20N2O2. The summed E-state index contributed by atoms with van der Waals surface area (Å²) >= 11 is 0. The molecule has 0 saturated heterocycles. The Morgan fingerprint density at radius 3 is 2.00 bits per heavy atom. The van der Waals surface area contributed by atoms with Crippen LogP contribution in [0.4, 0.5) is 0 Å². The summed E-state index contributed by atoms with van der Waals surface area (Å²) in [5.41, 5.74) is 7.13. The Balaban J connectivity index is 1.68. The van der Waals surface area contributed by atoms with Gasteiger partial charge in [0.15, 0.2) is 0 Å². The highest BCUT2D eigenvalue weighted by Gasteiger charge is 2.05. The van der Waals surface area contributed by atoms with E-state index in [2.05, 4.69) is 34.8 Å². The summed E-state index contributed by atoms with van der Waals surface area (Å²) in [6.07, 6.45) is 0. The van der Waals surface area contributed by atoms with Crippen molar-refractivity contribution in [2.24, 2.45) is 5.10 Å². The van der Waals surface area contributed by atoms with E-state index in [-0.39, 0.29) is 5.91 Å². The molecule has 0 spiro atoms. The molecule has 0 radical (unpaired) electrons. The van der Waals surface area contributed by atoms with Crippen LogP contribution in [0.5, 0.6) is 5.75 Å². The maximum absolute atomic E-state index is 12.2. The lowest BCUT2D eigenvalue weighted by molar-refractivity contribution is 0.0955. The topological polar surface area (TPSA) is 50.7 Å². The molecule has 0 saturated carbocycles. The van der Waals surface area contributed by atoms with Crippen LogP contribution in [0, 0.1) is 0 Å². The van der Waals surface area contributed by atoms with Crippen molar-refractivity contribution in [1.82, 2.24) is 5.43 Å². The number of benzene rings is 3. The van der Waals surface area contributed by atoms with Crippen LogP contribution in [0.2, 0.25) is 0 Å². The molecule has 0 aromatic heterocycles. The van der Waals surface area contributed by atoms with Gasteiger partial charge in [-0.2, -0.15) is 5.10 Å². The molecule has 0 heterocycles. The smallest absolute Gasteiger partial charge is 0.271 e. The second-order valence-corrected chi connectivity index (χ2v) is 5.81. The number of hydrogen-bond acceptors (Lipinski definition) is 3. The molecule has 1 amide bonds. The zero-order valence-electron chi connectivity index (χ0n) is 14.8. The van der Waals surface area contributed by atoms with E-state index < -0.39 is 0 Å². The van der Waals surface area contributed by atoms with Crippen LogP contribution < -0.4 is 10.2 Å². The van der Waals surface area contributed by atoms with Crippen LogP contribution in [0.3, 0.4) is 0 Å². The highest BCUT2D eigenvalue weighted by Crippen LogP contribution is 2.19. The van der Waals surface area contributed by atoms with Gasteiger partial charge in [-0.15, -0.1) is 0 Å². The van der Waals surface area contributed by atoms with E-state index >= 15 is 0 Å². The summed E-state index contributed by atoms with van der Waals surface area (Å²) in [5.74, 6) is 0.452. The van der Waals surface area contributed by atoms with Crippen LogP contribution in [-0.2, 0) is 0 Å². The molecule has 130 valence electrons. The third kappa shape index (κ3) is 4.16. The van der Waals surface area contributed by atoms with E-state index in [4.69, 9.17) is 4.74 Å². The average molecular weight is 344 g/mol. The van der Waals surface area contributed by atoms with Crippen molar-refractivity contribution < 1.29 is 9.53 Å². The second kappa shape index (κ2) is 8.12. The molecule has 3 aromatic carbocycles. The zero-order chi connectivity index (χ0) is 18.4. The van der Waals surface area contributed by atoms with Gasteiger partial charge in [0.2, 0.25) is 0 Å². The van der Waals surface area contributed by atoms with E-state index in [1.54, 1.807) is 31.4 Å². The van der Waals surface area contributed by atoms with Crippen molar-refractivity contribution in [2.75, 3.05) is 7.11 Å². The molecule has 0 unspecified atom stereocenters. The molecular weight excluding hydrogens is 324 g/mol. The van der Waals surface area contributed by atoms with E-state index in [0.717, 1.165) is 16.8 Å². The van der Waals surface area contributed by atoms with Gasteiger partial charge in [-0.1, -0.05) is 54.6 Å². The maximum atomic E-state index is 12.2. The number of nitrogens with zero attached hydrogens (tertiary/aromatic N) is 1. The molecule has 4 heteroatoms. The first-order valence-corrected chi connectivity index (χ1v) is 8.32. The van der Waals surface area contributed by atoms with Crippen molar-refractivity contribution in [2.45, 2.75) is 6.92 Å². The minimum Gasteiger partial charge on any atom is -0.497 e. The molecule has 0 aliphatic carbocycles. The molecule has 4 nitrogen and oxygen atoms in total. The van der Waals surface area contributed by atoms with Crippen molar-refractivity contribution in [1.29, 1.82) is 0 Å². The van der Waals surface area contributed by atoms with Crippen LogP contribution >= 0.6 is 0 Å². The number of carbonyl (C=O) groups is 1. The third-order valence-corrected chi connectivity index (χ3v) is 4.09. The zero-order valence-corrected chi connectivity index (χ0v) is 14.8. The first-order valence-electron chi connectivity index (χ1n) is 8.32. The Labute approximate surface area is 153 Å². The van der Waals surface area contributed by atoms with E-state index in [1.165, 1.54) is 5.56 Å². The predicted molar refractivity (Wildman–Crippen MR) is 105 cm³/mol. The standard InChI is InChI=1S/C22H20N2O2/c1-16(23-24-22(25)20-12-14-21(26-2)15-13-20)17-8-10-19(11-9-17)18-6-4-3-5-7-18/h3-15H,1-2H3,(H,24,25). The lowest BCUT2D eigenvalue weighted by Crippen LogP contribution is -2.19. The third-order valence-electron chi connectivity index (χ3n) is 4.09. The van der Waals surface area contributed by atoms with Crippen molar-refractivity contribution in [3.63, 3.8) is 0 Å². The summed E-state index contributed by atoms with van der Waals surface area (Å²) in [6, 6.07) is 25.2. The molecule has 0 bridgehead atoms. The molecule has 26 heavy (non-hydrogen) atoms. The SMILES string of the molecule is COc1ccc(C(=O)NN=C(C)c2ccc(-c3ccccc3)cc2)cc1. The summed E-state index contributed by atoms with van der Waals surface area (Å²) in [7, 11) is 1.59. The average Bonchev–Trinajstić information content (AvgIpc) is 2.72. The van der Waals surface area contributed by atoms with E-state index in [1.807, 2.05) is 37.3 Å². The highest BCUT2D eigenvalue weighted by molar-refractivity contribution is 6.01. The lowest BCUT2D eigenvalue weighted by atomic mass is 10.0. The molecule has 0 aliphatic rings. The number of rotatable bonds is 5. The number of methoxy groups -OCH3 is 1. The molecule has 3 aromatic rings. The van der Waals surface area contributed by atoms with Crippen molar-refractivity contribution in [3.8, 4) is 16.9 Å². The normalized spacial score (nSPS) is 11.1. The van der Waals surface area contributed by atoms with Gasteiger partial charge >= 0.3 is 0 Å². The molecule has 0 atom stereocenters. The summed E-state index contributed by atoms with van der Waals surface area (Å²) in [5, 5.41) is 4.20. The van der Waals surface area contributed by atoms with Crippen molar-refractivity contribution in [3.05, 3.63) is 90.0 Å². The summed E-state index contributed by atoms with van der Waals surface area (Å²) < 4.78 is 5.09. The van der Waals surface area contributed by atoms with Gasteiger partial charge < -0.3 is 4.74 Å². The Morgan fingerprint density at radius 1 is 0.808 bits per heavy atom. The van der Waals surface area contributed by atoms with Crippen LogP contribution in [0.1, 0.15) is 22.8 Å². The number of carbonyl (C=O) groups excluding carboxylic acids is 1. The number of hydrazone groups is 1. The van der Waals surface area contributed by atoms with Crippen LogP contribution in [0.25, 0.3) is 11.1 Å². The molecule has 3 rings (SSSR count).